The van der Waals surface area contributed by atoms with E-state index in [1.165, 1.54) is 0 Å². The number of hydrogen-bond donors (Lipinski definition) is 3. The van der Waals surface area contributed by atoms with E-state index in [-0.39, 0.29) is 59.4 Å². The van der Waals surface area contributed by atoms with Gasteiger partial charge in [0.05, 0.1) is 27.7 Å². The summed E-state index contributed by atoms with van der Waals surface area (Å²) in [5, 5.41) is 12.7. The van der Waals surface area contributed by atoms with Crippen LogP contribution in [0.15, 0.2) is 18.2 Å². The summed E-state index contributed by atoms with van der Waals surface area (Å²) in [5.41, 5.74) is 6.30. The van der Waals surface area contributed by atoms with E-state index in [9.17, 15) is 14.7 Å². The van der Waals surface area contributed by atoms with Gasteiger partial charge in [-0.3, -0.25) is 9.78 Å². The first-order valence-electron chi connectivity index (χ1n) is 8.40. The van der Waals surface area contributed by atoms with Crippen LogP contribution < -0.4 is 15.8 Å². The zero-order valence-corrected chi connectivity index (χ0v) is 15.7. The van der Waals surface area contributed by atoms with Gasteiger partial charge in [0.2, 0.25) is 5.91 Å². The van der Waals surface area contributed by atoms with Crippen LogP contribution in [0.4, 0.5) is 5.69 Å². The zero-order chi connectivity index (χ0) is 19.6. The van der Waals surface area contributed by atoms with Crippen molar-refractivity contribution in [2.45, 2.75) is 40.7 Å². The molecular formula is C19H26N3NaO4. The molecule has 0 aliphatic carbocycles. The van der Waals surface area contributed by atoms with Gasteiger partial charge in [0.1, 0.15) is 17.9 Å². The molecule has 27 heavy (non-hydrogen) atoms. The Labute approximate surface area is 181 Å². The Bertz CT molecular complexity index is 866. The number of carboxylic acids is 1. The first-order valence-corrected chi connectivity index (χ1v) is 8.40. The summed E-state index contributed by atoms with van der Waals surface area (Å²) in [6.07, 6.45) is 0. The van der Waals surface area contributed by atoms with Gasteiger partial charge in [-0.25, -0.2) is 4.79 Å². The molecule has 0 spiro atoms. The van der Waals surface area contributed by atoms with Crippen LogP contribution in [0.25, 0.3) is 10.9 Å². The van der Waals surface area contributed by atoms with Crippen molar-refractivity contribution in [3.8, 4) is 5.75 Å². The van der Waals surface area contributed by atoms with Gasteiger partial charge >= 0.3 is 35.5 Å². The number of ether oxygens (including phenoxy) is 1. The SMILES string of the molecule is Cc1nc2cccc(OCC(C)(C)C(=O)NC(C)C)c2c(N)c1C(=O)O.[NaH]. The monoisotopic (exact) mass is 383 g/mol. The minimum atomic E-state index is -1.14. The van der Waals surface area contributed by atoms with Crippen molar-refractivity contribution >= 4 is 58.0 Å². The number of carbonyl (C=O) groups excluding carboxylic acids is 1. The van der Waals surface area contributed by atoms with Crippen LogP contribution >= 0.6 is 0 Å². The summed E-state index contributed by atoms with van der Waals surface area (Å²) in [5.74, 6) is -0.859. The molecule has 1 heterocycles. The Morgan fingerprint density at radius 2 is 1.96 bits per heavy atom. The first kappa shape index (κ1) is 23.2. The average Bonchev–Trinajstić information content (AvgIpc) is 2.51. The molecule has 1 amide bonds. The molecule has 0 aliphatic rings. The molecule has 1 aromatic heterocycles. The molecule has 0 saturated carbocycles. The number of aryl methyl sites for hydroxylation is 1. The summed E-state index contributed by atoms with van der Waals surface area (Å²) in [4.78, 5) is 28.1. The second-order valence-electron chi connectivity index (χ2n) is 7.24. The number of fused-ring (bicyclic) bond motifs is 1. The molecule has 0 unspecified atom stereocenters. The van der Waals surface area contributed by atoms with Gasteiger partial charge in [0.25, 0.3) is 0 Å². The fraction of sp³-hybridized carbons (Fsp3) is 0.421. The number of pyridine rings is 1. The summed E-state index contributed by atoms with van der Waals surface area (Å²) in [7, 11) is 0. The van der Waals surface area contributed by atoms with Crippen LogP contribution in [-0.2, 0) is 4.79 Å². The number of anilines is 1. The third kappa shape index (κ3) is 5.12. The number of aromatic nitrogens is 1. The number of carboxylic acid groups (broad SMARTS) is 1. The molecule has 142 valence electrons. The number of nitrogen functional groups attached to an aromatic ring is 1. The Kier molecular flexibility index (Phi) is 7.66. The van der Waals surface area contributed by atoms with E-state index in [4.69, 9.17) is 10.5 Å². The molecule has 0 bridgehead atoms. The van der Waals surface area contributed by atoms with Gasteiger partial charge in [-0.1, -0.05) is 6.07 Å². The summed E-state index contributed by atoms with van der Waals surface area (Å²) >= 11 is 0. The van der Waals surface area contributed by atoms with Crippen LogP contribution in [0.1, 0.15) is 43.7 Å². The number of nitrogens with one attached hydrogen (secondary N) is 1. The van der Waals surface area contributed by atoms with E-state index in [0.29, 0.717) is 22.3 Å². The summed E-state index contributed by atoms with van der Waals surface area (Å²) < 4.78 is 5.87. The Balaban J connectivity index is 0.00000364. The van der Waals surface area contributed by atoms with Gasteiger partial charge in [0.15, 0.2) is 0 Å². The van der Waals surface area contributed by atoms with E-state index >= 15 is 0 Å². The Morgan fingerprint density at radius 1 is 1.33 bits per heavy atom. The molecular weight excluding hydrogens is 357 g/mol. The van der Waals surface area contributed by atoms with Crippen molar-refractivity contribution in [1.82, 2.24) is 10.3 Å². The van der Waals surface area contributed by atoms with Crippen LogP contribution in [0.5, 0.6) is 5.75 Å². The third-order valence-electron chi connectivity index (χ3n) is 4.03. The van der Waals surface area contributed by atoms with Gasteiger partial charge in [-0.15, -0.1) is 0 Å². The zero-order valence-electron chi connectivity index (χ0n) is 15.7. The molecule has 0 radical (unpaired) electrons. The second-order valence-corrected chi connectivity index (χ2v) is 7.24. The predicted molar refractivity (Wildman–Crippen MR) is 108 cm³/mol. The molecule has 0 saturated heterocycles. The van der Waals surface area contributed by atoms with E-state index in [1.54, 1.807) is 39.0 Å². The maximum atomic E-state index is 12.3. The van der Waals surface area contributed by atoms with Crippen LogP contribution in [0.2, 0.25) is 0 Å². The maximum absolute atomic E-state index is 12.3. The van der Waals surface area contributed by atoms with Gasteiger partial charge in [-0.05, 0) is 46.8 Å². The quantitative estimate of drug-likeness (QED) is 0.658. The number of nitrogens with zero attached hydrogens (tertiary/aromatic N) is 1. The van der Waals surface area contributed by atoms with Crippen molar-refractivity contribution in [2.24, 2.45) is 5.41 Å². The minimum absolute atomic E-state index is 0. The van der Waals surface area contributed by atoms with Crippen LogP contribution in [0, 0.1) is 12.3 Å². The number of nitrogens with two attached hydrogens (primary N) is 1. The average molecular weight is 383 g/mol. The number of benzene rings is 1. The molecule has 2 rings (SSSR count). The molecule has 1 aromatic carbocycles. The molecule has 0 aliphatic heterocycles. The van der Waals surface area contributed by atoms with Crippen LogP contribution in [0.3, 0.4) is 0 Å². The fourth-order valence-corrected chi connectivity index (χ4v) is 2.61. The van der Waals surface area contributed by atoms with Gasteiger partial charge < -0.3 is 20.9 Å². The molecule has 0 fully saturated rings. The second kappa shape index (κ2) is 8.91. The van der Waals surface area contributed by atoms with Crippen molar-refractivity contribution in [1.29, 1.82) is 0 Å². The van der Waals surface area contributed by atoms with Crippen molar-refractivity contribution in [2.75, 3.05) is 12.3 Å². The third-order valence-corrected chi connectivity index (χ3v) is 4.03. The number of hydrogen-bond acceptors (Lipinski definition) is 5. The van der Waals surface area contributed by atoms with E-state index in [1.807, 2.05) is 13.8 Å². The fourth-order valence-electron chi connectivity index (χ4n) is 2.61. The molecule has 8 heteroatoms. The van der Waals surface area contributed by atoms with Gasteiger partial charge in [0, 0.05) is 6.04 Å². The number of amides is 1. The molecule has 7 nitrogen and oxygen atoms in total. The Hall–Kier alpha value is -1.83. The van der Waals surface area contributed by atoms with Gasteiger partial charge in [-0.2, -0.15) is 0 Å². The van der Waals surface area contributed by atoms with E-state index in [0.717, 1.165) is 0 Å². The standard InChI is InChI=1S/C19H25N3O4.Na.H/c1-10(2)21-18(25)19(4,5)9-26-13-8-6-7-12-15(13)16(20)14(17(23)24)11(3)22-12;;/h6-8,10H,9H2,1-5H3,(H2,20,22)(H,21,25)(H,23,24);;. The molecule has 4 N–H and O–H groups in total. The number of aromatic carboxylic acids is 1. The number of rotatable bonds is 6. The van der Waals surface area contributed by atoms with Crippen LogP contribution in [-0.4, -0.2) is 64.2 Å². The normalized spacial score (nSPS) is 11.2. The molecule has 0 atom stereocenters. The predicted octanol–water partition coefficient (Wildman–Crippen LogP) is 2.10. The van der Waals surface area contributed by atoms with E-state index in [2.05, 4.69) is 10.3 Å². The van der Waals surface area contributed by atoms with E-state index < -0.39 is 11.4 Å². The summed E-state index contributed by atoms with van der Waals surface area (Å²) in [6.45, 7) is 9.06. The topological polar surface area (TPSA) is 115 Å². The van der Waals surface area contributed by atoms with Crippen molar-refractivity contribution in [3.63, 3.8) is 0 Å². The number of carbonyl (C=O) groups is 2. The van der Waals surface area contributed by atoms with Crippen molar-refractivity contribution < 1.29 is 19.4 Å². The van der Waals surface area contributed by atoms with Crippen molar-refractivity contribution in [3.05, 3.63) is 29.5 Å². The summed E-state index contributed by atoms with van der Waals surface area (Å²) in [6, 6.07) is 5.22. The Morgan fingerprint density at radius 3 is 2.52 bits per heavy atom. The molecule has 2 aromatic rings. The first-order chi connectivity index (χ1) is 12.0.